The van der Waals surface area contributed by atoms with Gasteiger partial charge in [0.05, 0.1) is 18.9 Å². The van der Waals surface area contributed by atoms with E-state index in [0.29, 0.717) is 13.2 Å². The van der Waals surface area contributed by atoms with Crippen molar-refractivity contribution in [2.75, 3.05) is 18.5 Å². The number of nitrogens with one attached hydrogen (secondary N) is 1. The number of anilines is 1. The van der Waals surface area contributed by atoms with Gasteiger partial charge in [0, 0.05) is 23.9 Å². The van der Waals surface area contributed by atoms with E-state index in [2.05, 4.69) is 41.9 Å². The molecule has 0 aliphatic carbocycles. The van der Waals surface area contributed by atoms with Gasteiger partial charge in [0.2, 0.25) is 0 Å². The Kier molecular flexibility index (Phi) is 4.57. The zero-order chi connectivity index (χ0) is 17.1. The van der Waals surface area contributed by atoms with Gasteiger partial charge in [-0.05, 0) is 30.7 Å². The zero-order valence-electron chi connectivity index (χ0n) is 14.1. The van der Waals surface area contributed by atoms with Crippen LogP contribution in [0.3, 0.4) is 0 Å². The van der Waals surface area contributed by atoms with Gasteiger partial charge in [0.15, 0.2) is 16.6 Å². The van der Waals surface area contributed by atoms with Crippen molar-refractivity contribution in [1.82, 2.24) is 4.98 Å². The Balaban J connectivity index is 1.47. The number of aryl methyl sites for hydroxylation is 1. The molecule has 3 aromatic rings. The number of fused-ring (bicyclic) bond motifs is 1. The van der Waals surface area contributed by atoms with Gasteiger partial charge in [-0.15, -0.1) is 11.3 Å². The minimum Gasteiger partial charge on any atom is -0.490 e. The maximum Gasteiger partial charge on any atom is 0.183 e. The highest BCUT2D eigenvalue weighted by Gasteiger charge is 2.13. The van der Waals surface area contributed by atoms with Gasteiger partial charge in [-0.3, -0.25) is 0 Å². The molecule has 2 heterocycles. The van der Waals surface area contributed by atoms with E-state index in [1.165, 1.54) is 11.1 Å². The first-order valence-corrected chi connectivity index (χ1v) is 9.31. The number of rotatable bonds is 4. The molecule has 0 radical (unpaired) electrons. The maximum absolute atomic E-state index is 5.77. The smallest absolute Gasteiger partial charge is 0.183 e. The zero-order valence-corrected chi connectivity index (χ0v) is 14.9. The summed E-state index contributed by atoms with van der Waals surface area (Å²) in [7, 11) is 0. The summed E-state index contributed by atoms with van der Waals surface area (Å²) in [6, 6.07) is 14.5. The number of benzene rings is 2. The number of nitrogens with zero attached hydrogens (tertiary/aromatic N) is 1. The van der Waals surface area contributed by atoms with Gasteiger partial charge >= 0.3 is 0 Å². The average molecular weight is 352 g/mol. The Bertz CT molecular complexity index is 858. The summed E-state index contributed by atoms with van der Waals surface area (Å²) < 4.78 is 11.5. The van der Waals surface area contributed by atoms with Crippen LogP contribution in [0, 0.1) is 6.92 Å². The lowest BCUT2D eigenvalue weighted by molar-refractivity contribution is 0.297. The van der Waals surface area contributed by atoms with Crippen LogP contribution in [-0.2, 0) is 6.54 Å². The highest BCUT2D eigenvalue weighted by Crippen LogP contribution is 2.35. The van der Waals surface area contributed by atoms with Crippen LogP contribution in [0.4, 0.5) is 5.13 Å². The molecule has 5 heteroatoms. The minimum atomic E-state index is 0.691. The molecule has 0 unspecified atom stereocenters. The standard InChI is InChI=1S/C20H20N2O2S/c1-14-3-5-15(6-4-14)12-21-20-22-17(13-25-20)16-7-8-18-19(11-16)24-10-2-9-23-18/h3-8,11,13H,2,9-10,12H2,1H3,(H,21,22). The van der Waals surface area contributed by atoms with Crippen molar-refractivity contribution in [1.29, 1.82) is 0 Å². The highest BCUT2D eigenvalue weighted by molar-refractivity contribution is 7.14. The van der Waals surface area contributed by atoms with Gasteiger partial charge in [-0.1, -0.05) is 29.8 Å². The van der Waals surface area contributed by atoms with Gasteiger partial charge in [0.25, 0.3) is 0 Å². The molecule has 0 saturated carbocycles. The number of hydrogen-bond acceptors (Lipinski definition) is 5. The molecule has 0 spiro atoms. The predicted molar refractivity (Wildman–Crippen MR) is 102 cm³/mol. The lowest BCUT2D eigenvalue weighted by atomic mass is 10.1. The molecule has 25 heavy (non-hydrogen) atoms. The van der Waals surface area contributed by atoms with E-state index in [0.717, 1.165) is 40.9 Å². The number of hydrogen-bond donors (Lipinski definition) is 1. The van der Waals surface area contributed by atoms with Crippen LogP contribution in [-0.4, -0.2) is 18.2 Å². The van der Waals surface area contributed by atoms with Crippen LogP contribution in [0.25, 0.3) is 11.3 Å². The van der Waals surface area contributed by atoms with Gasteiger partial charge in [-0.2, -0.15) is 0 Å². The monoisotopic (exact) mass is 352 g/mol. The van der Waals surface area contributed by atoms with E-state index in [9.17, 15) is 0 Å². The van der Waals surface area contributed by atoms with E-state index in [1.807, 2.05) is 18.2 Å². The van der Waals surface area contributed by atoms with Crippen molar-refractivity contribution in [2.24, 2.45) is 0 Å². The summed E-state index contributed by atoms with van der Waals surface area (Å²) in [4.78, 5) is 4.70. The van der Waals surface area contributed by atoms with E-state index in [-0.39, 0.29) is 0 Å². The summed E-state index contributed by atoms with van der Waals surface area (Å²) in [5.74, 6) is 1.62. The quantitative estimate of drug-likeness (QED) is 0.726. The Morgan fingerprint density at radius 1 is 1.04 bits per heavy atom. The summed E-state index contributed by atoms with van der Waals surface area (Å²) in [6.45, 7) is 4.26. The van der Waals surface area contributed by atoms with E-state index < -0.39 is 0 Å². The van der Waals surface area contributed by atoms with Crippen molar-refractivity contribution in [3.8, 4) is 22.8 Å². The molecule has 4 rings (SSSR count). The molecule has 128 valence electrons. The fraction of sp³-hybridized carbons (Fsp3) is 0.250. The number of ether oxygens (including phenoxy) is 2. The molecule has 1 N–H and O–H groups in total. The second-order valence-corrected chi connectivity index (χ2v) is 6.95. The number of thiazole rings is 1. The lowest BCUT2D eigenvalue weighted by Gasteiger charge is -2.08. The normalized spacial score (nSPS) is 13.3. The largest absolute Gasteiger partial charge is 0.490 e. The van der Waals surface area contributed by atoms with Crippen LogP contribution >= 0.6 is 11.3 Å². The highest BCUT2D eigenvalue weighted by atomic mass is 32.1. The second kappa shape index (κ2) is 7.15. The third-order valence-corrected chi connectivity index (χ3v) is 4.91. The topological polar surface area (TPSA) is 43.4 Å². The first kappa shape index (κ1) is 16.0. The Morgan fingerprint density at radius 3 is 2.68 bits per heavy atom. The van der Waals surface area contributed by atoms with Gasteiger partial charge in [-0.25, -0.2) is 4.98 Å². The fourth-order valence-electron chi connectivity index (χ4n) is 2.69. The van der Waals surface area contributed by atoms with E-state index in [4.69, 9.17) is 14.5 Å². The van der Waals surface area contributed by atoms with Crippen LogP contribution in [0.5, 0.6) is 11.5 Å². The van der Waals surface area contributed by atoms with Crippen LogP contribution in [0.2, 0.25) is 0 Å². The van der Waals surface area contributed by atoms with Crippen LogP contribution in [0.1, 0.15) is 17.5 Å². The molecule has 1 aliphatic heterocycles. The Hall–Kier alpha value is -2.53. The third-order valence-electron chi connectivity index (χ3n) is 4.11. The number of aromatic nitrogens is 1. The maximum atomic E-state index is 5.77. The average Bonchev–Trinajstić information content (AvgIpc) is 2.98. The molecule has 4 nitrogen and oxygen atoms in total. The predicted octanol–water partition coefficient (Wildman–Crippen LogP) is 4.89. The Labute approximate surface area is 151 Å². The summed E-state index contributed by atoms with van der Waals surface area (Å²) in [5, 5.41) is 6.38. The van der Waals surface area contributed by atoms with Crippen molar-refractivity contribution >= 4 is 16.5 Å². The van der Waals surface area contributed by atoms with Crippen molar-refractivity contribution < 1.29 is 9.47 Å². The first-order chi connectivity index (χ1) is 12.3. The molecule has 0 bridgehead atoms. The molecular weight excluding hydrogens is 332 g/mol. The summed E-state index contributed by atoms with van der Waals surface area (Å²) in [5.41, 5.74) is 4.52. The molecule has 0 saturated heterocycles. The first-order valence-electron chi connectivity index (χ1n) is 8.43. The van der Waals surface area contributed by atoms with Crippen LogP contribution < -0.4 is 14.8 Å². The molecule has 0 amide bonds. The molecular formula is C20H20N2O2S. The molecule has 0 atom stereocenters. The minimum absolute atomic E-state index is 0.691. The SMILES string of the molecule is Cc1ccc(CNc2nc(-c3ccc4c(c3)OCCCO4)cs2)cc1. The fourth-order valence-corrected chi connectivity index (χ4v) is 3.41. The second-order valence-electron chi connectivity index (χ2n) is 6.09. The van der Waals surface area contributed by atoms with Crippen molar-refractivity contribution in [2.45, 2.75) is 19.9 Å². The lowest BCUT2D eigenvalue weighted by Crippen LogP contribution is -1.98. The van der Waals surface area contributed by atoms with Gasteiger partial charge in [0.1, 0.15) is 0 Å². The van der Waals surface area contributed by atoms with Crippen molar-refractivity contribution in [3.63, 3.8) is 0 Å². The van der Waals surface area contributed by atoms with Crippen molar-refractivity contribution in [3.05, 3.63) is 59.0 Å². The molecule has 1 aliphatic rings. The third kappa shape index (κ3) is 3.77. The summed E-state index contributed by atoms with van der Waals surface area (Å²) in [6.07, 6.45) is 0.911. The molecule has 0 fully saturated rings. The van der Waals surface area contributed by atoms with E-state index >= 15 is 0 Å². The molecule has 2 aromatic carbocycles. The van der Waals surface area contributed by atoms with Gasteiger partial charge < -0.3 is 14.8 Å². The van der Waals surface area contributed by atoms with E-state index in [1.54, 1.807) is 11.3 Å². The Morgan fingerprint density at radius 2 is 1.84 bits per heavy atom. The molecule has 1 aromatic heterocycles. The summed E-state index contributed by atoms with van der Waals surface area (Å²) >= 11 is 1.61. The van der Waals surface area contributed by atoms with Crippen LogP contribution in [0.15, 0.2) is 47.8 Å².